The second kappa shape index (κ2) is 5.05. The summed E-state index contributed by atoms with van der Waals surface area (Å²) in [6.45, 7) is 6.25. The first-order valence-electron chi connectivity index (χ1n) is 6.97. The smallest absolute Gasteiger partial charge is 0.0483 e. The normalized spacial score (nSPS) is 37.5. The molecule has 0 heterocycles. The number of rotatable bonds is 6. The van der Waals surface area contributed by atoms with E-state index in [1.807, 2.05) is 0 Å². The molecule has 0 aromatic carbocycles. The summed E-state index contributed by atoms with van der Waals surface area (Å²) < 4.78 is 5.70. The van der Waals surface area contributed by atoms with Crippen molar-refractivity contribution in [1.82, 2.24) is 0 Å². The van der Waals surface area contributed by atoms with Gasteiger partial charge in [-0.25, -0.2) is 0 Å². The zero-order chi connectivity index (χ0) is 11.6. The average Bonchev–Trinajstić information content (AvgIpc) is 2.76. The fourth-order valence-electron chi connectivity index (χ4n) is 3.48. The van der Waals surface area contributed by atoms with Crippen LogP contribution >= 0.6 is 0 Å². The summed E-state index contributed by atoms with van der Waals surface area (Å²) in [4.78, 5) is 0. The molecule has 2 saturated carbocycles. The zero-order valence-electron chi connectivity index (χ0n) is 10.9. The zero-order valence-corrected chi connectivity index (χ0v) is 10.9. The predicted molar refractivity (Wildman–Crippen MR) is 67.3 cm³/mol. The van der Waals surface area contributed by atoms with Gasteiger partial charge in [0.25, 0.3) is 0 Å². The lowest BCUT2D eigenvalue weighted by atomic mass is 9.80. The third kappa shape index (κ3) is 2.78. The molecule has 0 spiro atoms. The van der Waals surface area contributed by atoms with Crippen LogP contribution in [0.1, 0.15) is 52.4 Å². The summed E-state index contributed by atoms with van der Waals surface area (Å²) in [6, 6.07) is 0. The molecule has 2 fully saturated rings. The Bertz CT molecular complexity index is 229. The van der Waals surface area contributed by atoms with Crippen molar-refractivity contribution in [2.75, 3.05) is 13.2 Å². The molecule has 2 nitrogen and oxygen atoms in total. The monoisotopic (exact) mass is 225 g/mol. The van der Waals surface area contributed by atoms with Crippen LogP contribution in [0, 0.1) is 17.8 Å². The number of nitrogens with two attached hydrogens (primary N) is 1. The van der Waals surface area contributed by atoms with E-state index in [0.29, 0.717) is 0 Å². The first kappa shape index (κ1) is 12.4. The highest BCUT2D eigenvalue weighted by Gasteiger charge is 2.47. The van der Waals surface area contributed by atoms with E-state index in [9.17, 15) is 0 Å². The SMILES string of the molecule is CC(C)CCOCCC1(N)CC2CCC1C2. The molecule has 94 valence electrons. The molecule has 2 aliphatic carbocycles. The Morgan fingerprint density at radius 1 is 1.31 bits per heavy atom. The third-order valence-electron chi connectivity index (χ3n) is 4.57. The fourth-order valence-corrected chi connectivity index (χ4v) is 3.48. The lowest BCUT2D eigenvalue weighted by molar-refractivity contribution is 0.0932. The van der Waals surface area contributed by atoms with Crippen LogP contribution in [0.5, 0.6) is 0 Å². The van der Waals surface area contributed by atoms with Gasteiger partial charge in [0, 0.05) is 18.8 Å². The van der Waals surface area contributed by atoms with E-state index in [1.54, 1.807) is 0 Å². The quantitative estimate of drug-likeness (QED) is 0.705. The summed E-state index contributed by atoms with van der Waals surface area (Å²) in [5.41, 5.74) is 6.63. The van der Waals surface area contributed by atoms with Crippen molar-refractivity contribution in [2.24, 2.45) is 23.5 Å². The van der Waals surface area contributed by atoms with E-state index < -0.39 is 0 Å². The molecule has 2 rings (SSSR count). The maximum absolute atomic E-state index is 6.51. The van der Waals surface area contributed by atoms with Gasteiger partial charge in [0.15, 0.2) is 0 Å². The molecule has 0 aromatic rings. The Balaban J connectivity index is 1.63. The van der Waals surface area contributed by atoms with Gasteiger partial charge in [0.2, 0.25) is 0 Å². The predicted octanol–water partition coefficient (Wildman–Crippen LogP) is 2.96. The summed E-state index contributed by atoms with van der Waals surface area (Å²) in [5.74, 6) is 2.48. The van der Waals surface area contributed by atoms with Crippen LogP contribution in [0.25, 0.3) is 0 Å². The highest BCUT2D eigenvalue weighted by Crippen LogP contribution is 2.50. The van der Waals surface area contributed by atoms with Crippen LogP contribution in [-0.4, -0.2) is 18.8 Å². The third-order valence-corrected chi connectivity index (χ3v) is 4.57. The van der Waals surface area contributed by atoms with Crippen LogP contribution in [-0.2, 0) is 4.74 Å². The molecular weight excluding hydrogens is 198 g/mol. The Labute approximate surface area is 99.9 Å². The van der Waals surface area contributed by atoms with Crippen LogP contribution in [0.3, 0.4) is 0 Å². The Kier molecular flexibility index (Phi) is 3.91. The molecule has 3 unspecified atom stereocenters. The lowest BCUT2D eigenvalue weighted by Gasteiger charge is -2.33. The molecule has 2 bridgehead atoms. The molecule has 0 radical (unpaired) electrons. The minimum Gasteiger partial charge on any atom is -0.381 e. The van der Waals surface area contributed by atoms with Crippen LogP contribution in [0.15, 0.2) is 0 Å². The van der Waals surface area contributed by atoms with Crippen molar-refractivity contribution in [2.45, 2.75) is 57.9 Å². The van der Waals surface area contributed by atoms with Crippen LogP contribution < -0.4 is 5.73 Å². The van der Waals surface area contributed by atoms with E-state index in [0.717, 1.165) is 37.4 Å². The number of fused-ring (bicyclic) bond motifs is 2. The van der Waals surface area contributed by atoms with Gasteiger partial charge in [-0.3, -0.25) is 0 Å². The van der Waals surface area contributed by atoms with E-state index in [2.05, 4.69) is 13.8 Å². The summed E-state index contributed by atoms with van der Waals surface area (Å²) >= 11 is 0. The summed E-state index contributed by atoms with van der Waals surface area (Å²) in [7, 11) is 0. The largest absolute Gasteiger partial charge is 0.381 e. The number of ether oxygens (including phenoxy) is 1. The Morgan fingerprint density at radius 2 is 2.12 bits per heavy atom. The first-order chi connectivity index (χ1) is 7.60. The maximum Gasteiger partial charge on any atom is 0.0483 e. The highest BCUT2D eigenvalue weighted by molar-refractivity contribution is 5.04. The van der Waals surface area contributed by atoms with Crippen molar-refractivity contribution in [1.29, 1.82) is 0 Å². The maximum atomic E-state index is 6.51. The van der Waals surface area contributed by atoms with Gasteiger partial charge in [0.05, 0.1) is 0 Å². The highest BCUT2D eigenvalue weighted by atomic mass is 16.5. The van der Waals surface area contributed by atoms with Crippen LogP contribution in [0.4, 0.5) is 0 Å². The first-order valence-corrected chi connectivity index (χ1v) is 6.97. The van der Waals surface area contributed by atoms with Gasteiger partial charge in [-0.05, 0) is 49.9 Å². The van der Waals surface area contributed by atoms with Crippen molar-refractivity contribution in [3.63, 3.8) is 0 Å². The summed E-state index contributed by atoms with van der Waals surface area (Å²) in [6.07, 6.45) is 7.69. The van der Waals surface area contributed by atoms with E-state index in [1.165, 1.54) is 32.1 Å². The topological polar surface area (TPSA) is 35.2 Å². The van der Waals surface area contributed by atoms with Gasteiger partial charge in [0.1, 0.15) is 0 Å². The van der Waals surface area contributed by atoms with Gasteiger partial charge < -0.3 is 10.5 Å². The second-order valence-corrected chi connectivity index (χ2v) is 6.36. The number of hydrogen-bond donors (Lipinski definition) is 1. The minimum atomic E-state index is 0.126. The Morgan fingerprint density at radius 3 is 2.69 bits per heavy atom. The molecule has 16 heavy (non-hydrogen) atoms. The van der Waals surface area contributed by atoms with Crippen LogP contribution in [0.2, 0.25) is 0 Å². The van der Waals surface area contributed by atoms with Gasteiger partial charge in [-0.15, -0.1) is 0 Å². The van der Waals surface area contributed by atoms with Crippen molar-refractivity contribution in [3.8, 4) is 0 Å². The van der Waals surface area contributed by atoms with E-state index in [4.69, 9.17) is 10.5 Å². The number of hydrogen-bond acceptors (Lipinski definition) is 2. The second-order valence-electron chi connectivity index (χ2n) is 6.36. The van der Waals surface area contributed by atoms with E-state index in [-0.39, 0.29) is 5.54 Å². The molecule has 0 aliphatic heterocycles. The lowest BCUT2D eigenvalue weighted by Crippen LogP contribution is -2.45. The average molecular weight is 225 g/mol. The van der Waals surface area contributed by atoms with Crippen molar-refractivity contribution >= 4 is 0 Å². The molecule has 0 amide bonds. The van der Waals surface area contributed by atoms with Crippen molar-refractivity contribution in [3.05, 3.63) is 0 Å². The fraction of sp³-hybridized carbons (Fsp3) is 1.00. The molecule has 2 heteroatoms. The standard InChI is InChI=1S/C14H27NO/c1-11(2)5-7-16-8-6-14(15)10-12-3-4-13(14)9-12/h11-13H,3-10,15H2,1-2H3. The molecule has 2 aliphatic rings. The minimum absolute atomic E-state index is 0.126. The molecule has 2 N–H and O–H groups in total. The molecule has 3 atom stereocenters. The van der Waals surface area contributed by atoms with Crippen molar-refractivity contribution < 1.29 is 4.74 Å². The van der Waals surface area contributed by atoms with E-state index >= 15 is 0 Å². The molecule has 0 aromatic heterocycles. The van der Waals surface area contributed by atoms with Gasteiger partial charge in [-0.1, -0.05) is 20.3 Å². The molecule has 0 saturated heterocycles. The summed E-state index contributed by atoms with van der Waals surface area (Å²) in [5, 5.41) is 0. The Hall–Kier alpha value is -0.0800. The van der Waals surface area contributed by atoms with Gasteiger partial charge >= 0.3 is 0 Å². The molecular formula is C14H27NO. The van der Waals surface area contributed by atoms with Gasteiger partial charge in [-0.2, -0.15) is 0 Å².